The van der Waals surface area contributed by atoms with Gasteiger partial charge in [0.05, 0.1) is 0 Å². The highest BCUT2D eigenvalue weighted by Gasteiger charge is 2.51. The molecule has 5 rings (SSSR count). The maximum Gasteiger partial charge on any atom is 0.421 e. The van der Waals surface area contributed by atoms with Crippen LogP contribution < -0.4 is 0 Å². The first-order valence-corrected chi connectivity index (χ1v) is 12.5. The largest absolute Gasteiger partial charge is 0.421 e. The minimum absolute atomic E-state index is 0.0810. The van der Waals surface area contributed by atoms with Crippen LogP contribution in [0.4, 0.5) is 13.2 Å². The second-order valence-corrected chi connectivity index (χ2v) is 10.3. The van der Waals surface area contributed by atoms with Gasteiger partial charge in [-0.05, 0) is 66.6 Å². The Bertz CT molecular complexity index is 1260. The molecule has 1 aromatic heterocycles. The van der Waals surface area contributed by atoms with Gasteiger partial charge < -0.3 is 10.0 Å². The van der Waals surface area contributed by atoms with Crippen molar-refractivity contribution in [2.45, 2.75) is 57.1 Å². The topological polar surface area (TPSA) is 56.7 Å². The molecule has 2 fully saturated rings. The zero-order valence-electron chi connectivity index (χ0n) is 20.9. The summed E-state index contributed by atoms with van der Waals surface area (Å²) in [5, 5.41) is 9.92. The number of rotatable bonds is 5. The standard InChI is InChI=1S/C29H30F3N3O2/c1-19-15-20(3-10-26(19)21-4-6-23(7-5-21)28(2,37)29(30,31)32)16-34-17-24-8-9-25(18-34)35(24)27(36)22-11-13-33-14-12-22/h3-7,10-15,24-25,37H,8-9,16-18H2,1-2H3. The summed E-state index contributed by atoms with van der Waals surface area (Å²) in [7, 11) is 0. The van der Waals surface area contributed by atoms with E-state index in [2.05, 4.69) is 26.9 Å². The molecular formula is C29H30F3N3O2. The number of halogens is 3. The molecule has 3 aromatic rings. The Kier molecular flexibility index (Phi) is 6.58. The van der Waals surface area contributed by atoms with Crippen LogP contribution in [-0.4, -0.2) is 57.1 Å². The van der Waals surface area contributed by atoms with Gasteiger partial charge in [-0.3, -0.25) is 14.7 Å². The van der Waals surface area contributed by atoms with E-state index in [1.807, 2.05) is 13.0 Å². The van der Waals surface area contributed by atoms with Crippen molar-refractivity contribution in [3.63, 3.8) is 0 Å². The number of hydrogen-bond donors (Lipinski definition) is 1. The average molecular weight is 510 g/mol. The highest BCUT2D eigenvalue weighted by atomic mass is 19.4. The number of piperazine rings is 1. The molecule has 2 aliphatic heterocycles. The van der Waals surface area contributed by atoms with Crippen LogP contribution in [0.15, 0.2) is 67.0 Å². The average Bonchev–Trinajstić information content (AvgIpc) is 3.13. The Balaban J connectivity index is 1.26. The molecule has 3 unspecified atom stereocenters. The summed E-state index contributed by atoms with van der Waals surface area (Å²) >= 11 is 0. The fourth-order valence-electron chi connectivity index (χ4n) is 5.64. The Morgan fingerprint density at radius 1 is 1.00 bits per heavy atom. The summed E-state index contributed by atoms with van der Waals surface area (Å²) in [6.07, 6.45) is 0.569. The quantitative estimate of drug-likeness (QED) is 0.506. The van der Waals surface area contributed by atoms with E-state index in [1.165, 1.54) is 12.1 Å². The van der Waals surface area contributed by atoms with Gasteiger partial charge in [0, 0.05) is 49.7 Å². The summed E-state index contributed by atoms with van der Waals surface area (Å²) in [6, 6.07) is 16.0. The number of carbonyl (C=O) groups excluding carboxylic acids is 1. The van der Waals surface area contributed by atoms with E-state index in [0.717, 1.165) is 61.7 Å². The molecule has 194 valence electrons. The second kappa shape index (κ2) is 9.58. The van der Waals surface area contributed by atoms with Gasteiger partial charge in [-0.1, -0.05) is 42.5 Å². The van der Waals surface area contributed by atoms with Crippen LogP contribution in [0.1, 0.15) is 46.8 Å². The summed E-state index contributed by atoms with van der Waals surface area (Å²) in [5.74, 6) is 0.0810. The molecule has 8 heteroatoms. The molecule has 2 aliphatic rings. The number of aliphatic hydroxyl groups is 1. The third-order valence-electron chi connectivity index (χ3n) is 7.73. The number of benzene rings is 2. The van der Waals surface area contributed by atoms with Crippen molar-refractivity contribution < 1.29 is 23.1 Å². The van der Waals surface area contributed by atoms with E-state index >= 15 is 0 Å². The number of pyridine rings is 1. The van der Waals surface area contributed by atoms with Gasteiger partial charge in [0.1, 0.15) is 0 Å². The minimum atomic E-state index is -4.75. The monoisotopic (exact) mass is 509 g/mol. The Morgan fingerprint density at radius 3 is 2.19 bits per heavy atom. The third kappa shape index (κ3) is 4.88. The number of aromatic nitrogens is 1. The number of hydrogen-bond acceptors (Lipinski definition) is 4. The molecule has 2 bridgehead atoms. The number of alkyl halides is 3. The first kappa shape index (κ1) is 25.4. The van der Waals surface area contributed by atoms with Crippen LogP contribution in [0, 0.1) is 6.92 Å². The first-order chi connectivity index (χ1) is 17.5. The van der Waals surface area contributed by atoms with Crippen molar-refractivity contribution in [1.29, 1.82) is 0 Å². The van der Waals surface area contributed by atoms with Crippen LogP contribution in [0.5, 0.6) is 0 Å². The van der Waals surface area contributed by atoms with Crippen LogP contribution in [0.3, 0.4) is 0 Å². The highest BCUT2D eigenvalue weighted by Crippen LogP contribution is 2.39. The number of nitrogens with zero attached hydrogens (tertiary/aromatic N) is 3. The fourth-order valence-corrected chi connectivity index (χ4v) is 5.64. The van der Waals surface area contributed by atoms with E-state index in [4.69, 9.17) is 0 Å². The predicted molar refractivity (Wildman–Crippen MR) is 135 cm³/mol. The second-order valence-electron chi connectivity index (χ2n) is 10.3. The lowest BCUT2D eigenvalue weighted by atomic mass is 9.92. The van der Waals surface area contributed by atoms with Gasteiger partial charge in [0.15, 0.2) is 5.60 Å². The fraction of sp³-hybridized carbons (Fsp3) is 0.379. The number of fused-ring (bicyclic) bond motifs is 2. The Labute approximate surface area is 214 Å². The van der Waals surface area contributed by atoms with E-state index < -0.39 is 11.8 Å². The van der Waals surface area contributed by atoms with Crippen molar-refractivity contribution in [3.8, 4) is 11.1 Å². The summed E-state index contributed by atoms with van der Waals surface area (Å²) in [6.45, 7) is 5.19. The van der Waals surface area contributed by atoms with Crippen LogP contribution >= 0.6 is 0 Å². The molecule has 0 radical (unpaired) electrons. The molecule has 2 saturated heterocycles. The molecule has 1 amide bonds. The molecule has 3 atom stereocenters. The zero-order valence-corrected chi connectivity index (χ0v) is 20.9. The number of aryl methyl sites for hydroxylation is 1. The molecule has 2 aromatic carbocycles. The van der Waals surface area contributed by atoms with Gasteiger partial charge in [-0.15, -0.1) is 0 Å². The smallest absolute Gasteiger partial charge is 0.376 e. The Morgan fingerprint density at radius 2 is 1.62 bits per heavy atom. The molecule has 0 spiro atoms. The van der Waals surface area contributed by atoms with Crippen LogP contribution in [0.2, 0.25) is 0 Å². The van der Waals surface area contributed by atoms with Crippen LogP contribution in [0.25, 0.3) is 11.1 Å². The van der Waals surface area contributed by atoms with Gasteiger partial charge >= 0.3 is 6.18 Å². The van der Waals surface area contributed by atoms with Gasteiger partial charge in [-0.2, -0.15) is 13.2 Å². The molecule has 5 nitrogen and oxygen atoms in total. The van der Waals surface area contributed by atoms with Gasteiger partial charge in [0.25, 0.3) is 5.91 Å². The molecule has 37 heavy (non-hydrogen) atoms. The lowest BCUT2D eigenvalue weighted by molar-refractivity contribution is -0.258. The zero-order chi connectivity index (χ0) is 26.4. The molecule has 0 saturated carbocycles. The van der Waals surface area contributed by atoms with E-state index in [9.17, 15) is 23.1 Å². The predicted octanol–water partition coefficient (Wildman–Crippen LogP) is 5.32. The number of likely N-dealkylation sites (tertiary alicyclic amines) is 1. The highest BCUT2D eigenvalue weighted by molar-refractivity contribution is 5.94. The maximum absolute atomic E-state index is 13.2. The molecule has 3 heterocycles. The van der Waals surface area contributed by atoms with Gasteiger partial charge in [-0.25, -0.2) is 0 Å². The summed E-state index contributed by atoms with van der Waals surface area (Å²) in [5.41, 5.74) is 1.53. The number of carbonyl (C=O) groups is 1. The first-order valence-electron chi connectivity index (χ1n) is 12.5. The lowest BCUT2D eigenvalue weighted by Crippen LogP contribution is -2.55. The van der Waals surface area contributed by atoms with E-state index in [1.54, 1.807) is 36.7 Å². The van der Waals surface area contributed by atoms with Crippen molar-refractivity contribution in [2.75, 3.05) is 13.1 Å². The van der Waals surface area contributed by atoms with Crippen molar-refractivity contribution in [2.24, 2.45) is 0 Å². The van der Waals surface area contributed by atoms with Gasteiger partial charge in [0.2, 0.25) is 0 Å². The third-order valence-corrected chi connectivity index (χ3v) is 7.73. The number of amides is 1. The van der Waals surface area contributed by atoms with E-state index in [-0.39, 0.29) is 23.6 Å². The normalized spacial score (nSPS) is 21.6. The van der Waals surface area contributed by atoms with Crippen molar-refractivity contribution in [1.82, 2.24) is 14.8 Å². The summed E-state index contributed by atoms with van der Waals surface area (Å²) in [4.78, 5) is 21.5. The molecule has 0 aliphatic carbocycles. The minimum Gasteiger partial charge on any atom is -0.376 e. The molecule has 1 N–H and O–H groups in total. The van der Waals surface area contributed by atoms with E-state index in [0.29, 0.717) is 5.56 Å². The summed E-state index contributed by atoms with van der Waals surface area (Å²) < 4.78 is 39.5. The lowest BCUT2D eigenvalue weighted by Gasteiger charge is -2.41. The van der Waals surface area contributed by atoms with Crippen LogP contribution in [-0.2, 0) is 12.1 Å². The SMILES string of the molecule is Cc1cc(CN2CC3CCC(C2)N3C(=O)c2ccncc2)ccc1-c1ccc(C(C)(O)C(F)(F)F)cc1. The Hall–Kier alpha value is -3.23. The maximum atomic E-state index is 13.2. The molecular weight excluding hydrogens is 479 g/mol. The van der Waals surface area contributed by atoms with Crippen molar-refractivity contribution in [3.05, 3.63) is 89.2 Å². The van der Waals surface area contributed by atoms with Crippen molar-refractivity contribution >= 4 is 5.91 Å².